The second kappa shape index (κ2) is 7.12. The summed E-state index contributed by atoms with van der Waals surface area (Å²) in [5, 5.41) is 17.7. The van der Waals surface area contributed by atoms with Gasteiger partial charge in [-0.25, -0.2) is 4.98 Å². The Hall–Kier alpha value is -3.22. The number of imidazole rings is 1. The average Bonchev–Trinajstić information content (AvgIpc) is 2.89. The molecule has 7 heteroatoms. The highest BCUT2D eigenvalue weighted by Crippen LogP contribution is 2.30. The highest BCUT2D eigenvalue weighted by molar-refractivity contribution is 5.72. The van der Waals surface area contributed by atoms with Gasteiger partial charge in [0.05, 0.1) is 18.7 Å². The second-order valence-electron chi connectivity index (χ2n) is 5.49. The van der Waals surface area contributed by atoms with Gasteiger partial charge >= 0.3 is 5.97 Å². The molecule has 7 nitrogen and oxygen atoms in total. The molecule has 2 heterocycles. The van der Waals surface area contributed by atoms with Gasteiger partial charge in [0.15, 0.2) is 5.82 Å². The van der Waals surface area contributed by atoms with Crippen LogP contribution in [-0.2, 0) is 11.2 Å². The molecule has 0 saturated carbocycles. The van der Waals surface area contributed by atoms with E-state index < -0.39 is 5.97 Å². The van der Waals surface area contributed by atoms with Crippen molar-refractivity contribution in [2.75, 3.05) is 6.61 Å². The molecule has 25 heavy (non-hydrogen) atoms. The summed E-state index contributed by atoms with van der Waals surface area (Å²) in [6.07, 6.45) is 1.59. The van der Waals surface area contributed by atoms with E-state index in [0.29, 0.717) is 35.2 Å². The Bertz CT molecular complexity index is 947. The summed E-state index contributed by atoms with van der Waals surface area (Å²) in [4.78, 5) is 15.5. The fourth-order valence-electron chi connectivity index (χ4n) is 2.47. The zero-order valence-corrected chi connectivity index (χ0v) is 14.0. The van der Waals surface area contributed by atoms with E-state index in [2.05, 4.69) is 15.2 Å². The Morgan fingerprint density at radius 3 is 2.84 bits per heavy atom. The van der Waals surface area contributed by atoms with E-state index in [1.165, 1.54) is 0 Å². The van der Waals surface area contributed by atoms with Crippen molar-refractivity contribution in [3.63, 3.8) is 0 Å². The number of nitrogens with zero attached hydrogens (tertiary/aromatic N) is 4. The molecule has 0 fully saturated rings. The van der Waals surface area contributed by atoms with Gasteiger partial charge in [-0.1, -0.05) is 12.1 Å². The van der Waals surface area contributed by atoms with Gasteiger partial charge in [-0.15, -0.1) is 10.2 Å². The Balaban J connectivity index is 2.06. The van der Waals surface area contributed by atoms with E-state index >= 15 is 0 Å². The fraction of sp³-hybridized carbons (Fsp3) is 0.222. The van der Waals surface area contributed by atoms with Gasteiger partial charge in [0.25, 0.3) is 0 Å². The van der Waals surface area contributed by atoms with Crippen molar-refractivity contribution in [3.8, 4) is 5.75 Å². The van der Waals surface area contributed by atoms with Crippen LogP contribution in [0.3, 0.4) is 0 Å². The molecule has 3 rings (SSSR count). The lowest BCUT2D eigenvalue weighted by atomic mass is 10.3. The summed E-state index contributed by atoms with van der Waals surface area (Å²) in [6, 6.07) is 11.1. The van der Waals surface area contributed by atoms with Crippen LogP contribution in [0.5, 0.6) is 5.75 Å². The number of carbonyl (C=O) groups is 1. The molecule has 3 aromatic rings. The first kappa shape index (κ1) is 16.6. The number of ether oxygens (including phenoxy) is 1. The number of azo groups is 1. The molecule has 0 saturated heterocycles. The topological polar surface area (TPSA) is 88.5 Å². The number of carboxylic acids is 1. The molecule has 2 aromatic heterocycles. The summed E-state index contributed by atoms with van der Waals surface area (Å²) in [6.45, 7) is 4.36. The Kier molecular flexibility index (Phi) is 4.74. The molecule has 0 aliphatic heterocycles. The van der Waals surface area contributed by atoms with Gasteiger partial charge in [0.2, 0.25) is 0 Å². The van der Waals surface area contributed by atoms with Gasteiger partial charge in [0, 0.05) is 6.20 Å². The highest BCUT2D eigenvalue weighted by atomic mass is 16.5. The normalized spacial score (nSPS) is 11.3. The molecule has 0 bridgehead atoms. The maximum absolute atomic E-state index is 11.1. The van der Waals surface area contributed by atoms with Crippen LogP contribution in [0.15, 0.2) is 52.8 Å². The first-order chi connectivity index (χ1) is 12.1. The standard InChI is InChI=1S/C18H18N4O3/c1-3-25-15-7-5-4-6-13(15)20-21-18-14(11-17(23)24)19-16-10-12(2)8-9-22(16)18/h4-10H,3,11H2,1-2H3,(H,23,24). The SMILES string of the molecule is CCOc1ccccc1N=Nc1c(CC(=O)O)nc2cc(C)ccn12. The monoisotopic (exact) mass is 338 g/mol. The smallest absolute Gasteiger partial charge is 0.309 e. The van der Waals surface area contributed by atoms with Crippen molar-refractivity contribution < 1.29 is 14.6 Å². The summed E-state index contributed by atoms with van der Waals surface area (Å²) in [5.41, 5.74) is 2.62. The molecule has 0 spiro atoms. The van der Waals surface area contributed by atoms with Crippen molar-refractivity contribution in [1.29, 1.82) is 0 Å². The van der Waals surface area contributed by atoms with Crippen molar-refractivity contribution in [2.24, 2.45) is 10.2 Å². The number of benzene rings is 1. The van der Waals surface area contributed by atoms with Crippen molar-refractivity contribution >= 4 is 23.1 Å². The summed E-state index contributed by atoms with van der Waals surface area (Å²) in [7, 11) is 0. The van der Waals surface area contributed by atoms with Crippen molar-refractivity contribution in [2.45, 2.75) is 20.3 Å². The second-order valence-corrected chi connectivity index (χ2v) is 5.49. The lowest BCUT2D eigenvalue weighted by molar-refractivity contribution is -0.136. The van der Waals surface area contributed by atoms with Gasteiger partial charge in [-0.05, 0) is 43.7 Å². The molecule has 1 N–H and O–H groups in total. The lowest BCUT2D eigenvalue weighted by Gasteiger charge is -2.05. The number of pyridine rings is 1. The van der Waals surface area contributed by atoms with Crippen molar-refractivity contribution in [3.05, 3.63) is 53.9 Å². The molecule has 0 amide bonds. The Labute approximate surface area is 144 Å². The maximum atomic E-state index is 11.1. The predicted octanol–water partition coefficient (Wildman–Crippen LogP) is 4.08. The average molecular weight is 338 g/mol. The molecular formula is C18H18N4O3. The fourth-order valence-corrected chi connectivity index (χ4v) is 2.47. The summed E-state index contributed by atoms with van der Waals surface area (Å²) < 4.78 is 7.27. The van der Waals surface area contributed by atoms with Gasteiger partial charge in [-0.2, -0.15) is 0 Å². The zero-order valence-electron chi connectivity index (χ0n) is 14.0. The predicted molar refractivity (Wildman–Crippen MR) is 93.1 cm³/mol. The third kappa shape index (κ3) is 3.65. The minimum absolute atomic E-state index is 0.220. The highest BCUT2D eigenvalue weighted by Gasteiger charge is 2.15. The number of aryl methyl sites for hydroxylation is 1. The minimum atomic E-state index is -0.966. The third-order valence-corrected chi connectivity index (χ3v) is 3.56. The molecule has 0 unspecified atom stereocenters. The Morgan fingerprint density at radius 1 is 1.28 bits per heavy atom. The minimum Gasteiger partial charge on any atom is -0.492 e. The molecule has 128 valence electrons. The quantitative estimate of drug-likeness (QED) is 0.686. The molecule has 0 aliphatic rings. The molecule has 0 atom stereocenters. The number of hydrogen-bond acceptors (Lipinski definition) is 5. The summed E-state index contributed by atoms with van der Waals surface area (Å²) >= 11 is 0. The van der Waals surface area contributed by atoms with Gasteiger partial charge in [0.1, 0.15) is 17.1 Å². The van der Waals surface area contributed by atoms with Crippen LogP contribution in [-0.4, -0.2) is 27.1 Å². The molecule has 1 aromatic carbocycles. The van der Waals surface area contributed by atoms with Crippen LogP contribution >= 0.6 is 0 Å². The van der Waals surface area contributed by atoms with Gasteiger partial charge in [-0.3, -0.25) is 9.20 Å². The first-order valence-corrected chi connectivity index (χ1v) is 7.91. The summed E-state index contributed by atoms with van der Waals surface area (Å²) in [5.74, 6) is 0.0631. The van der Waals surface area contributed by atoms with Gasteiger partial charge < -0.3 is 9.84 Å². The van der Waals surface area contributed by atoms with Crippen LogP contribution in [0.2, 0.25) is 0 Å². The molecule has 0 aliphatic carbocycles. The van der Waals surface area contributed by atoms with E-state index in [1.54, 1.807) is 10.5 Å². The molecule has 0 radical (unpaired) electrons. The van der Waals surface area contributed by atoms with Crippen molar-refractivity contribution in [1.82, 2.24) is 9.38 Å². The van der Waals surface area contributed by atoms with Crippen LogP contribution in [0.25, 0.3) is 5.65 Å². The maximum Gasteiger partial charge on any atom is 0.309 e. The van der Waals surface area contributed by atoms with Crippen LogP contribution in [0.4, 0.5) is 11.5 Å². The zero-order chi connectivity index (χ0) is 17.8. The first-order valence-electron chi connectivity index (χ1n) is 7.91. The number of para-hydroxylation sites is 1. The number of fused-ring (bicyclic) bond motifs is 1. The number of rotatable bonds is 6. The number of aliphatic carboxylic acids is 1. The molecular weight excluding hydrogens is 320 g/mol. The van der Waals surface area contributed by atoms with E-state index in [0.717, 1.165) is 5.56 Å². The van der Waals surface area contributed by atoms with Crippen LogP contribution in [0.1, 0.15) is 18.2 Å². The largest absolute Gasteiger partial charge is 0.492 e. The Morgan fingerprint density at radius 2 is 2.08 bits per heavy atom. The third-order valence-electron chi connectivity index (χ3n) is 3.56. The van der Waals surface area contributed by atoms with E-state index in [-0.39, 0.29) is 6.42 Å². The van der Waals surface area contributed by atoms with E-state index in [1.807, 2.05) is 50.4 Å². The number of aromatic nitrogens is 2. The number of hydrogen-bond donors (Lipinski definition) is 1. The number of carboxylic acid groups (broad SMARTS) is 1. The van der Waals surface area contributed by atoms with E-state index in [4.69, 9.17) is 9.84 Å². The van der Waals surface area contributed by atoms with Crippen LogP contribution in [0, 0.1) is 6.92 Å². The van der Waals surface area contributed by atoms with Crippen LogP contribution < -0.4 is 4.74 Å². The lowest BCUT2D eigenvalue weighted by Crippen LogP contribution is -2.00. The van der Waals surface area contributed by atoms with E-state index in [9.17, 15) is 4.79 Å².